The molecular formula is C26H49N2O2P. The van der Waals surface area contributed by atoms with Crippen LogP contribution in [-0.4, -0.2) is 36.0 Å². The van der Waals surface area contributed by atoms with Crippen LogP contribution < -0.4 is 10.4 Å². The topological polar surface area (TPSA) is 52.6 Å². The SMILES string of the molecule is CCCCCCCCN(CCCCCCCC)CCCCNP(=O)(O)c1ccccc1. The number of unbranched alkanes of at least 4 members (excludes halogenated alkanes) is 11. The van der Waals surface area contributed by atoms with Crippen molar-refractivity contribution in [1.82, 2.24) is 9.99 Å². The van der Waals surface area contributed by atoms with Crippen molar-refractivity contribution in [3.05, 3.63) is 30.3 Å². The molecule has 0 aliphatic carbocycles. The Kier molecular flexibility index (Phi) is 17.3. The molecule has 1 atom stereocenters. The molecule has 5 heteroatoms. The van der Waals surface area contributed by atoms with E-state index in [1.807, 2.05) is 18.2 Å². The summed E-state index contributed by atoms with van der Waals surface area (Å²) >= 11 is 0. The van der Waals surface area contributed by atoms with Crippen molar-refractivity contribution in [2.24, 2.45) is 0 Å². The molecule has 180 valence electrons. The Bertz CT molecular complexity index is 552. The van der Waals surface area contributed by atoms with Gasteiger partial charge in [-0.15, -0.1) is 0 Å². The van der Waals surface area contributed by atoms with E-state index in [0.717, 1.165) is 19.4 Å². The van der Waals surface area contributed by atoms with Gasteiger partial charge in [0.05, 0.1) is 5.30 Å². The molecule has 2 N–H and O–H groups in total. The fourth-order valence-electron chi connectivity index (χ4n) is 3.98. The number of nitrogens with one attached hydrogen (secondary N) is 1. The molecule has 1 rings (SSSR count). The highest BCUT2D eigenvalue weighted by Gasteiger charge is 2.19. The third kappa shape index (κ3) is 14.9. The van der Waals surface area contributed by atoms with E-state index in [1.54, 1.807) is 12.1 Å². The second-order valence-corrected chi connectivity index (χ2v) is 10.9. The molecule has 1 unspecified atom stereocenters. The van der Waals surface area contributed by atoms with E-state index in [9.17, 15) is 9.46 Å². The Balaban J connectivity index is 2.26. The summed E-state index contributed by atoms with van der Waals surface area (Å²) in [5.74, 6) is 0. The van der Waals surface area contributed by atoms with E-state index >= 15 is 0 Å². The quantitative estimate of drug-likeness (QED) is 0.157. The molecule has 0 saturated heterocycles. The van der Waals surface area contributed by atoms with Crippen molar-refractivity contribution in [3.8, 4) is 0 Å². The number of hydrogen-bond acceptors (Lipinski definition) is 2. The van der Waals surface area contributed by atoms with E-state index in [4.69, 9.17) is 0 Å². The maximum atomic E-state index is 12.4. The summed E-state index contributed by atoms with van der Waals surface area (Å²) in [6.07, 6.45) is 18.2. The molecule has 0 bridgehead atoms. The van der Waals surface area contributed by atoms with Gasteiger partial charge in [0.15, 0.2) is 0 Å². The lowest BCUT2D eigenvalue weighted by molar-refractivity contribution is 0.255. The highest BCUT2D eigenvalue weighted by Crippen LogP contribution is 2.33. The minimum atomic E-state index is -3.43. The highest BCUT2D eigenvalue weighted by molar-refractivity contribution is 7.64. The molecule has 0 heterocycles. The van der Waals surface area contributed by atoms with Crippen LogP contribution in [-0.2, 0) is 4.57 Å². The molecular weight excluding hydrogens is 403 g/mol. The van der Waals surface area contributed by atoms with Crippen LogP contribution in [0.5, 0.6) is 0 Å². The lowest BCUT2D eigenvalue weighted by Crippen LogP contribution is -2.28. The van der Waals surface area contributed by atoms with Gasteiger partial charge in [0, 0.05) is 6.54 Å². The third-order valence-electron chi connectivity index (χ3n) is 5.99. The average Bonchev–Trinajstić information content (AvgIpc) is 2.78. The van der Waals surface area contributed by atoms with Crippen molar-refractivity contribution in [2.45, 2.75) is 104 Å². The van der Waals surface area contributed by atoms with Crippen molar-refractivity contribution < 1.29 is 9.46 Å². The van der Waals surface area contributed by atoms with Gasteiger partial charge in [-0.2, -0.15) is 0 Å². The van der Waals surface area contributed by atoms with Crippen LogP contribution >= 0.6 is 7.52 Å². The zero-order valence-corrected chi connectivity index (χ0v) is 21.3. The summed E-state index contributed by atoms with van der Waals surface area (Å²) in [6, 6.07) is 8.92. The largest absolute Gasteiger partial charge is 0.330 e. The molecule has 31 heavy (non-hydrogen) atoms. The molecule has 0 aliphatic heterocycles. The minimum absolute atomic E-state index is 0.489. The van der Waals surface area contributed by atoms with Crippen LogP contribution in [0.3, 0.4) is 0 Å². The van der Waals surface area contributed by atoms with Gasteiger partial charge >= 0.3 is 0 Å². The Morgan fingerprint density at radius 3 is 1.68 bits per heavy atom. The van der Waals surface area contributed by atoms with E-state index in [0.29, 0.717) is 11.8 Å². The molecule has 1 aromatic carbocycles. The first-order valence-corrected chi connectivity index (χ1v) is 14.6. The van der Waals surface area contributed by atoms with Crippen LogP contribution in [0, 0.1) is 0 Å². The molecule has 0 radical (unpaired) electrons. The lowest BCUT2D eigenvalue weighted by atomic mass is 10.1. The maximum absolute atomic E-state index is 12.4. The van der Waals surface area contributed by atoms with Crippen LogP contribution in [0.2, 0.25) is 0 Å². The summed E-state index contributed by atoms with van der Waals surface area (Å²) in [7, 11) is -3.43. The third-order valence-corrected chi connectivity index (χ3v) is 7.64. The van der Waals surface area contributed by atoms with Gasteiger partial charge in [-0.1, -0.05) is 96.3 Å². The van der Waals surface area contributed by atoms with Crippen molar-refractivity contribution in [3.63, 3.8) is 0 Å². The Morgan fingerprint density at radius 1 is 0.710 bits per heavy atom. The first-order chi connectivity index (χ1) is 15.1. The number of hydrogen-bond donors (Lipinski definition) is 2. The molecule has 0 aromatic heterocycles. The van der Waals surface area contributed by atoms with Crippen molar-refractivity contribution in [2.75, 3.05) is 26.2 Å². The molecule has 4 nitrogen and oxygen atoms in total. The predicted octanol–water partition coefficient (Wildman–Crippen LogP) is 6.89. The van der Waals surface area contributed by atoms with E-state index in [2.05, 4.69) is 23.8 Å². The Morgan fingerprint density at radius 2 is 1.16 bits per heavy atom. The number of nitrogens with zero attached hydrogens (tertiary/aromatic N) is 1. The smallest absolute Gasteiger partial charge is 0.297 e. The number of benzene rings is 1. The Labute approximate surface area is 192 Å². The monoisotopic (exact) mass is 452 g/mol. The van der Waals surface area contributed by atoms with Gasteiger partial charge in [-0.25, -0.2) is 5.09 Å². The van der Waals surface area contributed by atoms with Gasteiger partial charge in [0.2, 0.25) is 0 Å². The first kappa shape index (κ1) is 28.4. The first-order valence-electron chi connectivity index (χ1n) is 13.0. The molecule has 1 aromatic rings. The van der Waals surface area contributed by atoms with Crippen molar-refractivity contribution >= 4 is 12.8 Å². The standard InChI is InChI=1S/C26H49N2O2P/c1-3-5-7-9-11-17-23-28(24-18-12-10-8-6-4-2)25-19-16-22-27-31(29,30)26-20-14-13-15-21-26/h13-15,20-21H,3-12,16-19,22-25H2,1-2H3,(H2,27,29,30). The molecule has 0 amide bonds. The normalized spacial score (nSPS) is 13.5. The van der Waals surface area contributed by atoms with Gasteiger partial charge in [0.25, 0.3) is 7.52 Å². The summed E-state index contributed by atoms with van der Waals surface area (Å²) < 4.78 is 12.4. The van der Waals surface area contributed by atoms with Crippen LogP contribution in [0.4, 0.5) is 0 Å². The zero-order chi connectivity index (χ0) is 22.6. The maximum Gasteiger partial charge on any atom is 0.297 e. The summed E-state index contributed by atoms with van der Waals surface area (Å²) in [6.45, 7) is 8.64. The van der Waals surface area contributed by atoms with Gasteiger partial charge in [-0.05, 0) is 57.5 Å². The van der Waals surface area contributed by atoms with Gasteiger partial charge in [-0.3, -0.25) is 4.57 Å². The Hall–Kier alpha value is -0.670. The lowest BCUT2D eigenvalue weighted by Gasteiger charge is -2.22. The molecule has 0 aliphatic rings. The summed E-state index contributed by atoms with van der Waals surface area (Å²) in [5.41, 5.74) is 0. The van der Waals surface area contributed by atoms with Crippen molar-refractivity contribution in [1.29, 1.82) is 0 Å². The van der Waals surface area contributed by atoms with Gasteiger partial charge in [0.1, 0.15) is 0 Å². The molecule has 0 fully saturated rings. The molecule has 0 spiro atoms. The molecule has 0 saturated carbocycles. The second-order valence-electron chi connectivity index (χ2n) is 8.90. The van der Waals surface area contributed by atoms with Crippen LogP contribution in [0.15, 0.2) is 30.3 Å². The van der Waals surface area contributed by atoms with Gasteiger partial charge < -0.3 is 9.79 Å². The fraction of sp³-hybridized carbons (Fsp3) is 0.769. The highest BCUT2D eigenvalue weighted by atomic mass is 31.2. The summed E-state index contributed by atoms with van der Waals surface area (Å²) in [4.78, 5) is 12.9. The van der Waals surface area contributed by atoms with E-state index in [-0.39, 0.29) is 0 Å². The average molecular weight is 453 g/mol. The zero-order valence-electron chi connectivity index (χ0n) is 20.4. The predicted molar refractivity (Wildman–Crippen MR) is 136 cm³/mol. The van der Waals surface area contributed by atoms with Crippen LogP contribution in [0.1, 0.15) is 104 Å². The van der Waals surface area contributed by atoms with Crippen LogP contribution in [0.25, 0.3) is 0 Å². The number of rotatable bonds is 21. The summed E-state index contributed by atoms with van der Waals surface area (Å²) in [5, 5.41) is 3.37. The van der Waals surface area contributed by atoms with E-state index in [1.165, 1.54) is 90.1 Å². The minimum Gasteiger partial charge on any atom is -0.330 e. The fourth-order valence-corrected chi connectivity index (χ4v) is 5.20. The second kappa shape index (κ2) is 18.9. The van der Waals surface area contributed by atoms with E-state index < -0.39 is 7.52 Å².